The van der Waals surface area contributed by atoms with Crippen LogP contribution in [0, 0.1) is 0 Å². The van der Waals surface area contributed by atoms with Crippen LogP contribution in [0.4, 0.5) is 0 Å². The molecule has 1 aromatic heterocycles. The summed E-state index contributed by atoms with van der Waals surface area (Å²) in [5.74, 6) is 0.870. The van der Waals surface area contributed by atoms with E-state index in [2.05, 4.69) is 36.5 Å². The normalized spacial score (nSPS) is 15.2. The lowest BCUT2D eigenvalue weighted by atomic mass is 10.1. The predicted octanol–water partition coefficient (Wildman–Crippen LogP) is 5.14. The van der Waals surface area contributed by atoms with Crippen molar-refractivity contribution in [2.24, 2.45) is 0 Å². The summed E-state index contributed by atoms with van der Waals surface area (Å²) in [6, 6.07) is 18.3. The van der Waals surface area contributed by atoms with E-state index in [1.807, 2.05) is 47.3 Å². The second kappa shape index (κ2) is 8.34. The Hall–Kier alpha value is -2.35. The van der Waals surface area contributed by atoms with Gasteiger partial charge in [0.25, 0.3) is 5.91 Å². The zero-order valence-electron chi connectivity index (χ0n) is 15.1. The molecule has 0 spiro atoms. The molecule has 0 saturated carbocycles. The Morgan fingerprint density at radius 3 is 2.57 bits per heavy atom. The number of amides is 1. The average molecular weight is 424 g/mol. The minimum Gasteiger partial charge on any atom is -0.307 e. The van der Waals surface area contributed by atoms with Crippen molar-refractivity contribution in [2.45, 2.75) is 11.8 Å². The molecule has 1 aliphatic heterocycles. The first-order chi connectivity index (χ1) is 13.6. The van der Waals surface area contributed by atoms with Crippen molar-refractivity contribution < 1.29 is 4.79 Å². The molecule has 3 aromatic rings. The van der Waals surface area contributed by atoms with Crippen molar-refractivity contribution >= 4 is 52.0 Å². The number of carbonyl (C=O) groups is 1. The van der Waals surface area contributed by atoms with Gasteiger partial charge >= 0.3 is 0 Å². The lowest BCUT2D eigenvalue weighted by molar-refractivity contribution is -0.115. The minimum absolute atomic E-state index is 0.164. The molecule has 1 amide bonds. The monoisotopic (exact) mass is 423 g/mol. The summed E-state index contributed by atoms with van der Waals surface area (Å²) in [5, 5.41) is 7.47. The largest absolute Gasteiger partial charge is 0.307 e. The van der Waals surface area contributed by atoms with Gasteiger partial charge in [0.05, 0.1) is 16.3 Å². The van der Waals surface area contributed by atoms with Gasteiger partial charge in [-0.05, 0) is 36.1 Å². The van der Waals surface area contributed by atoms with E-state index in [1.165, 1.54) is 16.7 Å². The Balaban J connectivity index is 1.79. The van der Waals surface area contributed by atoms with Crippen LogP contribution in [0.2, 0.25) is 0 Å². The standard InChI is InChI=1S/C21H17N3OS3/c1-2-27-17-10-8-14(9-11-17)19-15(12-18-20(25)22-21(26)28-18)13-24(23-19)16-6-4-3-5-7-16/h3-13H,2H2,1H3,(H,22,25,26). The van der Waals surface area contributed by atoms with E-state index in [9.17, 15) is 4.79 Å². The summed E-state index contributed by atoms with van der Waals surface area (Å²) < 4.78 is 2.32. The third-order valence-corrected chi connectivity index (χ3v) is 6.19. The highest BCUT2D eigenvalue weighted by Crippen LogP contribution is 2.31. The smallest absolute Gasteiger partial charge is 0.263 e. The molecule has 140 valence electrons. The zero-order valence-corrected chi connectivity index (χ0v) is 17.5. The SMILES string of the molecule is CCSc1ccc(-c2nn(-c3ccccc3)cc2C=C2SC(=S)NC2=O)cc1. The van der Waals surface area contributed by atoms with Crippen molar-refractivity contribution in [1.29, 1.82) is 0 Å². The van der Waals surface area contributed by atoms with Gasteiger partial charge in [-0.2, -0.15) is 5.10 Å². The number of nitrogens with one attached hydrogen (secondary N) is 1. The fourth-order valence-corrected chi connectivity index (χ4v) is 4.57. The zero-order chi connectivity index (χ0) is 19.5. The van der Waals surface area contributed by atoms with Gasteiger partial charge < -0.3 is 5.32 Å². The number of thiocarbonyl (C=S) groups is 1. The lowest BCUT2D eigenvalue weighted by Gasteiger charge is -2.03. The maximum absolute atomic E-state index is 12.1. The highest BCUT2D eigenvalue weighted by molar-refractivity contribution is 8.26. The Morgan fingerprint density at radius 2 is 1.93 bits per heavy atom. The number of carbonyl (C=O) groups excluding carboxylic acids is 1. The minimum atomic E-state index is -0.164. The Bertz CT molecular complexity index is 1060. The fourth-order valence-electron chi connectivity index (χ4n) is 2.87. The van der Waals surface area contributed by atoms with Gasteiger partial charge in [-0.1, -0.05) is 61.2 Å². The van der Waals surface area contributed by atoms with Crippen LogP contribution in [0.15, 0.2) is 70.6 Å². The quantitative estimate of drug-likeness (QED) is 0.350. The van der Waals surface area contributed by atoms with Crippen LogP contribution in [0.3, 0.4) is 0 Å². The fraction of sp³-hybridized carbons (Fsp3) is 0.0952. The number of hydrogen-bond donors (Lipinski definition) is 1. The third-order valence-electron chi connectivity index (χ3n) is 4.13. The number of aromatic nitrogens is 2. The topological polar surface area (TPSA) is 46.9 Å². The molecule has 0 atom stereocenters. The molecule has 0 aliphatic carbocycles. The third kappa shape index (κ3) is 4.06. The van der Waals surface area contributed by atoms with E-state index < -0.39 is 0 Å². The molecule has 28 heavy (non-hydrogen) atoms. The number of nitrogens with zero attached hydrogens (tertiary/aromatic N) is 2. The molecular weight excluding hydrogens is 406 g/mol. The van der Waals surface area contributed by atoms with Crippen LogP contribution < -0.4 is 5.32 Å². The number of hydrogen-bond acceptors (Lipinski definition) is 5. The number of benzene rings is 2. The molecule has 2 aromatic carbocycles. The summed E-state index contributed by atoms with van der Waals surface area (Å²) >= 11 is 8.19. The van der Waals surface area contributed by atoms with Crippen LogP contribution in [0.1, 0.15) is 12.5 Å². The Kier molecular flexibility index (Phi) is 5.66. The molecule has 7 heteroatoms. The van der Waals surface area contributed by atoms with Crippen LogP contribution in [-0.2, 0) is 4.79 Å². The first-order valence-electron chi connectivity index (χ1n) is 8.77. The van der Waals surface area contributed by atoms with Crippen LogP contribution >= 0.6 is 35.7 Å². The van der Waals surface area contributed by atoms with Gasteiger partial charge in [0, 0.05) is 22.2 Å². The molecule has 1 aliphatic rings. The lowest BCUT2D eigenvalue weighted by Crippen LogP contribution is -2.17. The average Bonchev–Trinajstić information content (AvgIpc) is 3.26. The van der Waals surface area contributed by atoms with Gasteiger partial charge in [0.1, 0.15) is 4.32 Å². The van der Waals surface area contributed by atoms with E-state index >= 15 is 0 Å². The van der Waals surface area contributed by atoms with Gasteiger partial charge in [0.2, 0.25) is 0 Å². The summed E-state index contributed by atoms with van der Waals surface area (Å²) in [5.41, 5.74) is 3.68. The number of thioether (sulfide) groups is 2. The Labute approximate surface area is 177 Å². The first-order valence-corrected chi connectivity index (χ1v) is 11.0. The molecule has 0 unspecified atom stereocenters. The van der Waals surface area contributed by atoms with Gasteiger partial charge in [-0.3, -0.25) is 4.79 Å². The maximum atomic E-state index is 12.1. The number of rotatable bonds is 5. The van der Waals surface area contributed by atoms with Gasteiger partial charge in [-0.25, -0.2) is 4.68 Å². The second-order valence-corrected chi connectivity index (χ2v) is 9.08. The van der Waals surface area contributed by atoms with Crippen LogP contribution in [0.5, 0.6) is 0 Å². The summed E-state index contributed by atoms with van der Waals surface area (Å²) in [6.45, 7) is 2.14. The summed E-state index contributed by atoms with van der Waals surface area (Å²) in [6.07, 6.45) is 3.80. The first kappa shape index (κ1) is 19.0. The molecule has 4 nitrogen and oxygen atoms in total. The predicted molar refractivity (Wildman–Crippen MR) is 122 cm³/mol. The maximum Gasteiger partial charge on any atom is 0.263 e. The molecule has 4 rings (SSSR count). The van der Waals surface area contributed by atoms with E-state index in [4.69, 9.17) is 17.3 Å². The molecule has 1 fully saturated rings. The highest BCUT2D eigenvalue weighted by atomic mass is 32.2. The van der Waals surface area contributed by atoms with E-state index in [0.717, 1.165) is 28.3 Å². The Morgan fingerprint density at radius 1 is 1.18 bits per heavy atom. The van der Waals surface area contributed by atoms with Crippen molar-refractivity contribution in [3.63, 3.8) is 0 Å². The number of para-hydroxylation sites is 1. The molecule has 2 heterocycles. The summed E-state index contributed by atoms with van der Waals surface area (Å²) in [4.78, 5) is 13.9. The van der Waals surface area contributed by atoms with Crippen molar-refractivity contribution in [2.75, 3.05) is 5.75 Å². The molecule has 1 N–H and O–H groups in total. The molecule has 0 bridgehead atoms. The summed E-state index contributed by atoms with van der Waals surface area (Å²) in [7, 11) is 0. The molecule has 1 saturated heterocycles. The van der Waals surface area contributed by atoms with Gasteiger partial charge in [-0.15, -0.1) is 11.8 Å². The molecular formula is C21H17N3OS3. The van der Waals surface area contributed by atoms with Gasteiger partial charge in [0.15, 0.2) is 0 Å². The van der Waals surface area contributed by atoms with Crippen molar-refractivity contribution in [3.8, 4) is 16.9 Å². The van der Waals surface area contributed by atoms with E-state index in [0.29, 0.717) is 9.23 Å². The van der Waals surface area contributed by atoms with Crippen LogP contribution in [0.25, 0.3) is 23.0 Å². The van der Waals surface area contributed by atoms with E-state index in [-0.39, 0.29) is 5.91 Å². The van der Waals surface area contributed by atoms with E-state index in [1.54, 1.807) is 11.8 Å². The van der Waals surface area contributed by atoms with Crippen molar-refractivity contribution in [3.05, 3.63) is 71.3 Å². The second-order valence-electron chi connectivity index (χ2n) is 6.02. The highest BCUT2D eigenvalue weighted by Gasteiger charge is 2.23. The van der Waals surface area contributed by atoms with Crippen molar-refractivity contribution in [1.82, 2.24) is 15.1 Å². The molecule has 0 radical (unpaired) electrons. The van der Waals surface area contributed by atoms with Crippen LogP contribution in [-0.4, -0.2) is 25.8 Å².